The summed E-state index contributed by atoms with van der Waals surface area (Å²) < 4.78 is 0. The Balaban J connectivity index is 0.000000117. The Kier molecular flexibility index (Phi) is 20.9. The van der Waals surface area contributed by atoms with Crippen molar-refractivity contribution in [3.05, 3.63) is 466 Å². The van der Waals surface area contributed by atoms with Gasteiger partial charge in [-0.05, 0) is 158 Å². The minimum Gasteiger partial charge on any atom is -0.256 e. The predicted molar refractivity (Wildman–Crippen MR) is 523 cm³/mol. The van der Waals surface area contributed by atoms with Crippen molar-refractivity contribution >= 4 is 43.1 Å². The van der Waals surface area contributed by atoms with Gasteiger partial charge >= 0.3 is 0 Å². The molecular formula is C118H81N9. The van der Waals surface area contributed by atoms with Crippen molar-refractivity contribution in [2.45, 2.75) is 19.3 Å². The van der Waals surface area contributed by atoms with Gasteiger partial charge in [-0.1, -0.05) is 414 Å². The molecule has 598 valence electrons. The maximum atomic E-state index is 5.20. The van der Waals surface area contributed by atoms with E-state index in [9.17, 15) is 0 Å². The van der Waals surface area contributed by atoms with Crippen LogP contribution in [-0.2, 0) is 5.41 Å². The van der Waals surface area contributed by atoms with Gasteiger partial charge in [-0.25, -0.2) is 39.9 Å². The molecule has 9 heteroatoms. The predicted octanol–water partition coefficient (Wildman–Crippen LogP) is 29.9. The third-order valence-corrected chi connectivity index (χ3v) is 24.0. The standard InChI is InChI=1S/C46H33N3.C40H26N2.C32H22N4/c1-46(2)41-20-12-11-19-38(41)40-29-34(25-28-42(40)46)35-26-27-39(37-18-10-9-17-36(35)37)45-48-43(32-15-7-4-8-16-32)47-44(49-45)33-23-21-31(22-24-33)30-13-5-3-6-14-30;1-2-10-27(11-3-1)30-20-21-32-25-33(23-22-31(32)24-30)38-26-39(36-18-8-14-28-12-4-6-16-34(28)36)42-40(41-38)37-19-9-15-29-13-5-7-17-35(29)37;1-3-10-25(11-4-1)30-34-31(26-12-5-2-6-13-26)36-32(35-30)28-15-9-14-27(22-28)23-17-19-24(20-18-23)29-16-7-8-21-33-29/h3-29H,1-2H3;1-26H;1-22H. The molecule has 0 fully saturated rings. The molecule has 0 radical (unpaired) electrons. The Hall–Kier alpha value is -16.8. The summed E-state index contributed by atoms with van der Waals surface area (Å²) in [6, 6.07) is 156. The first-order valence-corrected chi connectivity index (χ1v) is 42.9. The molecule has 0 unspecified atom stereocenters. The summed E-state index contributed by atoms with van der Waals surface area (Å²) in [5, 5.41) is 9.37. The largest absolute Gasteiger partial charge is 0.256 e. The van der Waals surface area contributed by atoms with E-state index in [1.807, 2.05) is 121 Å². The summed E-state index contributed by atoms with van der Waals surface area (Å²) in [5.41, 5.74) is 27.6. The van der Waals surface area contributed by atoms with E-state index < -0.39 is 0 Å². The van der Waals surface area contributed by atoms with E-state index in [0.717, 1.165) is 106 Å². The Labute approximate surface area is 737 Å². The molecule has 4 heterocycles. The quantitative estimate of drug-likeness (QED) is 0.105. The zero-order valence-corrected chi connectivity index (χ0v) is 69.8. The average molecular weight is 1630 g/mol. The van der Waals surface area contributed by atoms with Crippen molar-refractivity contribution in [1.29, 1.82) is 0 Å². The Morgan fingerprint density at radius 3 is 1.11 bits per heavy atom. The number of rotatable bonds is 14. The summed E-state index contributed by atoms with van der Waals surface area (Å²) in [6.07, 6.45) is 1.81. The third kappa shape index (κ3) is 15.9. The van der Waals surface area contributed by atoms with Gasteiger partial charge in [0.1, 0.15) is 0 Å². The lowest BCUT2D eigenvalue weighted by Crippen LogP contribution is -2.14. The van der Waals surface area contributed by atoms with E-state index in [0.29, 0.717) is 34.9 Å². The number of fused-ring (bicyclic) bond motifs is 7. The van der Waals surface area contributed by atoms with Gasteiger partial charge in [-0.15, -0.1) is 0 Å². The van der Waals surface area contributed by atoms with Crippen LogP contribution in [0.3, 0.4) is 0 Å². The Morgan fingerprint density at radius 1 is 0.157 bits per heavy atom. The van der Waals surface area contributed by atoms with Gasteiger partial charge in [0.15, 0.2) is 40.8 Å². The van der Waals surface area contributed by atoms with Gasteiger partial charge in [0.25, 0.3) is 0 Å². The molecular weight excluding hydrogens is 1540 g/mol. The van der Waals surface area contributed by atoms with E-state index in [4.69, 9.17) is 39.9 Å². The minimum atomic E-state index is -0.0227. The van der Waals surface area contributed by atoms with Gasteiger partial charge in [0.2, 0.25) is 0 Å². The number of pyridine rings is 1. The van der Waals surface area contributed by atoms with Crippen LogP contribution in [0.2, 0.25) is 0 Å². The molecule has 23 rings (SSSR count). The van der Waals surface area contributed by atoms with Gasteiger partial charge in [-0.2, -0.15) is 0 Å². The molecule has 1 aliphatic carbocycles. The highest BCUT2D eigenvalue weighted by Crippen LogP contribution is 2.51. The average Bonchev–Trinajstić information content (AvgIpc) is 1.58. The van der Waals surface area contributed by atoms with Gasteiger partial charge in [0.05, 0.1) is 17.1 Å². The number of hydrogen-bond acceptors (Lipinski definition) is 9. The molecule has 0 amide bonds. The van der Waals surface area contributed by atoms with Crippen LogP contribution in [0.15, 0.2) is 455 Å². The zero-order valence-electron chi connectivity index (χ0n) is 69.8. The molecule has 4 aromatic heterocycles. The second-order valence-corrected chi connectivity index (χ2v) is 32.3. The SMILES string of the molecule is CC1(C)c2ccccc2-c2cc(-c3ccc(-c4nc(-c5ccccc5)nc(-c5ccc(-c6ccccc6)cc5)n4)c4ccccc34)ccc21.c1ccc(-c2ccc3cc(-c4cc(-c5cccc6ccccc56)nc(-c5cccc6ccccc56)n4)ccc3c2)cc1.c1ccc(-c2nc(-c3ccccc3)nc(-c3cccc(-c4ccc(-c5ccccn5)cc4)c3)n2)cc1. The number of nitrogens with zero attached hydrogens (tertiary/aromatic N) is 9. The van der Waals surface area contributed by atoms with Gasteiger partial charge in [-0.3, -0.25) is 4.98 Å². The number of hydrogen-bond donors (Lipinski definition) is 0. The first kappa shape index (κ1) is 77.6. The fourth-order valence-electron chi connectivity index (χ4n) is 17.5. The first-order valence-electron chi connectivity index (χ1n) is 42.9. The first-order chi connectivity index (χ1) is 62.7. The molecule has 18 aromatic carbocycles. The molecule has 0 saturated heterocycles. The molecule has 127 heavy (non-hydrogen) atoms. The lowest BCUT2D eigenvalue weighted by atomic mass is 9.82. The lowest BCUT2D eigenvalue weighted by Gasteiger charge is -2.21. The third-order valence-electron chi connectivity index (χ3n) is 24.0. The van der Waals surface area contributed by atoms with Crippen molar-refractivity contribution in [2.75, 3.05) is 0 Å². The van der Waals surface area contributed by atoms with Crippen LogP contribution in [0.25, 0.3) is 212 Å². The van der Waals surface area contributed by atoms with E-state index in [1.165, 1.54) is 82.4 Å². The van der Waals surface area contributed by atoms with Crippen molar-refractivity contribution < 1.29 is 0 Å². The van der Waals surface area contributed by atoms with Crippen molar-refractivity contribution in [1.82, 2.24) is 44.9 Å². The van der Waals surface area contributed by atoms with E-state index in [1.54, 1.807) is 0 Å². The van der Waals surface area contributed by atoms with E-state index >= 15 is 0 Å². The van der Waals surface area contributed by atoms with Gasteiger partial charge < -0.3 is 0 Å². The van der Waals surface area contributed by atoms with Crippen molar-refractivity contribution in [3.8, 4) is 169 Å². The number of benzene rings is 18. The number of aromatic nitrogens is 9. The fraction of sp³-hybridized carbons (Fsp3) is 0.0254. The van der Waals surface area contributed by atoms with Crippen LogP contribution in [0.1, 0.15) is 25.0 Å². The molecule has 9 nitrogen and oxygen atoms in total. The summed E-state index contributed by atoms with van der Waals surface area (Å²) in [4.78, 5) is 44.5. The summed E-state index contributed by atoms with van der Waals surface area (Å²) in [6.45, 7) is 4.65. The molecule has 1 aliphatic rings. The molecule has 0 atom stereocenters. The second-order valence-electron chi connectivity index (χ2n) is 32.3. The fourth-order valence-corrected chi connectivity index (χ4v) is 17.5. The molecule has 0 aliphatic heterocycles. The van der Waals surface area contributed by atoms with Gasteiger partial charge in [0, 0.05) is 67.2 Å². The summed E-state index contributed by atoms with van der Waals surface area (Å²) in [5.74, 6) is 4.65. The second kappa shape index (κ2) is 34.3. The van der Waals surface area contributed by atoms with Crippen LogP contribution >= 0.6 is 0 Å². The van der Waals surface area contributed by atoms with Crippen molar-refractivity contribution in [2.24, 2.45) is 0 Å². The zero-order chi connectivity index (χ0) is 85.0. The van der Waals surface area contributed by atoms with Crippen LogP contribution in [0.4, 0.5) is 0 Å². The minimum absolute atomic E-state index is 0.0227. The molecule has 0 bridgehead atoms. The highest BCUT2D eigenvalue weighted by atomic mass is 15.0. The molecule has 22 aromatic rings. The maximum absolute atomic E-state index is 5.20. The molecule has 0 N–H and O–H groups in total. The smallest absolute Gasteiger partial charge is 0.164 e. The topological polar surface area (TPSA) is 116 Å². The van der Waals surface area contributed by atoms with Crippen LogP contribution in [0, 0.1) is 0 Å². The van der Waals surface area contributed by atoms with Crippen LogP contribution < -0.4 is 0 Å². The maximum Gasteiger partial charge on any atom is 0.164 e. The summed E-state index contributed by atoms with van der Waals surface area (Å²) in [7, 11) is 0. The summed E-state index contributed by atoms with van der Waals surface area (Å²) >= 11 is 0. The van der Waals surface area contributed by atoms with Crippen LogP contribution in [0.5, 0.6) is 0 Å². The molecule has 0 spiro atoms. The molecule has 0 saturated carbocycles. The Bertz CT molecular complexity index is 7640. The van der Waals surface area contributed by atoms with E-state index in [2.05, 4.69) is 352 Å². The monoisotopic (exact) mass is 1620 g/mol. The normalized spacial score (nSPS) is 11.8. The highest BCUT2D eigenvalue weighted by Gasteiger charge is 2.35. The van der Waals surface area contributed by atoms with E-state index in [-0.39, 0.29) is 5.41 Å². The van der Waals surface area contributed by atoms with Crippen molar-refractivity contribution in [3.63, 3.8) is 0 Å². The Morgan fingerprint density at radius 2 is 0.512 bits per heavy atom. The highest BCUT2D eigenvalue weighted by molar-refractivity contribution is 6.06. The van der Waals surface area contributed by atoms with Crippen LogP contribution in [-0.4, -0.2) is 44.9 Å². The lowest BCUT2D eigenvalue weighted by molar-refractivity contribution is 0.660.